The number of anilines is 1. The van der Waals surface area contributed by atoms with Crippen molar-refractivity contribution in [3.8, 4) is 0 Å². The predicted octanol–water partition coefficient (Wildman–Crippen LogP) is 7.42. The van der Waals surface area contributed by atoms with Crippen molar-refractivity contribution >= 4 is 39.1 Å². The first-order valence-electron chi connectivity index (χ1n) is 15.3. The highest BCUT2D eigenvalue weighted by molar-refractivity contribution is 7.92. The van der Waals surface area contributed by atoms with Crippen molar-refractivity contribution in [2.75, 3.05) is 10.8 Å². The zero-order valence-electron chi connectivity index (χ0n) is 26.7. The number of hydrogen-bond acceptors (Lipinski definition) is 4. The van der Waals surface area contributed by atoms with E-state index in [1.165, 1.54) is 29.2 Å². The summed E-state index contributed by atoms with van der Waals surface area (Å²) in [5, 5.41) is 2.32. The Hall–Kier alpha value is -4.35. The Balaban J connectivity index is 1.86. The smallest absolute Gasteiger partial charge is 0.352 e. The number of aryl methyl sites for hydroxylation is 1. The van der Waals surface area contributed by atoms with Gasteiger partial charge in [0.25, 0.3) is 10.0 Å². The maximum absolute atomic E-state index is 14.5. The van der Waals surface area contributed by atoms with Crippen molar-refractivity contribution in [1.82, 2.24) is 10.2 Å². The molecular weight excluding hydrogens is 663 g/mol. The van der Waals surface area contributed by atoms with Gasteiger partial charge in [-0.3, -0.25) is 13.9 Å². The van der Waals surface area contributed by atoms with Gasteiger partial charge < -0.3 is 10.2 Å². The Bertz CT molecular complexity index is 1810. The highest BCUT2D eigenvalue weighted by Gasteiger charge is 2.37. The molecule has 0 saturated carbocycles. The third-order valence-electron chi connectivity index (χ3n) is 7.90. The van der Waals surface area contributed by atoms with Gasteiger partial charge in [-0.25, -0.2) is 8.42 Å². The third-order valence-corrected chi connectivity index (χ3v) is 10.0. The zero-order valence-corrected chi connectivity index (χ0v) is 28.3. The summed E-state index contributed by atoms with van der Waals surface area (Å²) in [4.78, 5) is 29.5. The van der Waals surface area contributed by atoms with E-state index in [-0.39, 0.29) is 23.9 Å². The molecule has 4 aromatic rings. The number of nitrogens with one attached hydrogen (secondary N) is 1. The van der Waals surface area contributed by atoms with Crippen LogP contribution in [-0.4, -0.2) is 43.8 Å². The first-order chi connectivity index (χ1) is 22.7. The summed E-state index contributed by atoms with van der Waals surface area (Å²) in [6, 6.07) is 24.8. The highest BCUT2D eigenvalue weighted by atomic mass is 35.5. The number of amides is 2. The Labute approximate surface area is 284 Å². The molecule has 0 spiro atoms. The molecule has 1 N–H and O–H groups in total. The Morgan fingerprint density at radius 3 is 2.06 bits per heavy atom. The van der Waals surface area contributed by atoms with Crippen LogP contribution in [0.15, 0.2) is 108 Å². The molecule has 254 valence electrons. The summed E-state index contributed by atoms with van der Waals surface area (Å²) < 4.78 is 70.6. The van der Waals surface area contributed by atoms with Gasteiger partial charge in [0.2, 0.25) is 11.8 Å². The number of sulfonamides is 1. The van der Waals surface area contributed by atoms with E-state index in [9.17, 15) is 31.2 Å². The van der Waals surface area contributed by atoms with Gasteiger partial charge in [0.1, 0.15) is 12.6 Å². The summed E-state index contributed by atoms with van der Waals surface area (Å²) in [5.74, 6) is -1.24. The number of alkyl halides is 3. The van der Waals surface area contributed by atoms with Crippen molar-refractivity contribution in [1.29, 1.82) is 0 Å². The van der Waals surface area contributed by atoms with Gasteiger partial charge in [0.15, 0.2) is 0 Å². The number of rotatable bonds is 13. The van der Waals surface area contributed by atoms with Gasteiger partial charge in [-0.2, -0.15) is 13.2 Å². The van der Waals surface area contributed by atoms with E-state index in [0.29, 0.717) is 22.4 Å². The molecule has 12 heteroatoms. The molecule has 0 aliphatic heterocycles. The lowest BCUT2D eigenvalue weighted by Gasteiger charge is -2.34. The van der Waals surface area contributed by atoms with Crippen LogP contribution < -0.4 is 9.62 Å². The second kappa shape index (κ2) is 15.7. The van der Waals surface area contributed by atoms with Crippen LogP contribution in [-0.2, 0) is 38.8 Å². The Morgan fingerprint density at radius 2 is 1.48 bits per heavy atom. The summed E-state index contributed by atoms with van der Waals surface area (Å²) >= 11 is 5.87. The summed E-state index contributed by atoms with van der Waals surface area (Å²) in [6.45, 7) is 4.66. The Kier molecular flexibility index (Phi) is 11.9. The molecule has 2 atom stereocenters. The minimum atomic E-state index is -4.90. The topological polar surface area (TPSA) is 86.8 Å². The van der Waals surface area contributed by atoms with Crippen LogP contribution in [0.2, 0.25) is 5.02 Å². The minimum absolute atomic E-state index is 0.0712. The number of halogens is 4. The van der Waals surface area contributed by atoms with Crippen molar-refractivity contribution in [2.24, 2.45) is 0 Å². The fraction of sp³-hybridized carbons (Fsp3) is 0.278. The lowest BCUT2D eigenvalue weighted by Crippen LogP contribution is -2.54. The standard InChI is InChI=1S/C36H37ClF3N3O4S/c1-4-26(3)41-35(45)33(21-27-11-7-5-8-12-27)42(23-28-17-15-25(2)16-18-28)34(44)24-43(48(46,47)30-13-9-6-10-14-30)29-19-20-32(37)31(22-29)36(38,39)40/h5-20,22,26,33H,4,21,23-24H2,1-3H3,(H,41,45)/t26-,33+/m0/s1. The molecule has 0 unspecified atom stereocenters. The van der Waals surface area contributed by atoms with E-state index >= 15 is 0 Å². The molecular formula is C36H37ClF3N3O4S. The number of hydrogen-bond donors (Lipinski definition) is 1. The molecule has 0 aliphatic carbocycles. The molecule has 2 amide bonds. The van der Waals surface area contributed by atoms with Crippen LogP contribution in [0, 0.1) is 6.92 Å². The molecule has 48 heavy (non-hydrogen) atoms. The highest BCUT2D eigenvalue weighted by Crippen LogP contribution is 2.38. The van der Waals surface area contributed by atoms with Crippen molar-refractivity contribution < 1.29 is 31.2 Å². The van der Waals surface area contributed by atoms with Gasteiger partial charge >= 0.3 is 6.18 Å². The average Bonchev–Trinajstić information content (AvgIpc) is 3.06. The van der Waals surface area contributed by atoms with E-state index in [2.05, 4.69) is 5.32 Å². The average molecular weight is 700 g/mol. The lowest BCUT2D eigenvalue weighted by molar-refractivity contribution is -0.140. The first kappa shape index (κ1) is 36.5. The van der Waals surface area contributed by atoms with E-state index in [1.54, 1.807) is 30.3 Å². The normalized spacial score (nSPS) is 13.0. The quantitative estimate of drug-likeness (QED) is 0.157. The van der Waals surface area contributed by atoms with Gasteiger partial charge in [0, 0.05) is 19.0 Å². The molecule has 0 radical (unpaired) electrons. The molecule has 0 aromatic heterocycles. The largest absolute Gasteiger partial charge is 0.417 e. The number of carbonyl (C=O) groups is 2. The number of benzene rings is 4. The predicted molar refractivity (Wildman–Crippen MR) is 181 cm³/mol. The van der Waals surface area contributed by atoms with Gasteiger partial charge in [-0.1, -0.05) is 96.9 Å². The summed E-state index contributed by atoms with van der Waals surface area (Å²) in [7, 11) is -4.59. The van der Waals surface area contributed by atoms with E-state index < -0.39 is 56.9 Å². The van der Waals surface area contributed by atoms with E-state index in [0.717, 1.165) is 23.3 Å². The summed E-state index contributed by atoms with van der Waals surface area (Å²) in [6.07, 6.45) is -4.17. The maximum Gasteiger partial charge on any atom is 0.417 e. The molecule has 0 heterocycles. The van der Waals surface area contributed by atoms with Gasteiger partial charge in [0.05, 0.1) is 21.2 Å². The van der Waals surface area contributed by atoms with E-state index in [4.69, 9.17) is 11.6 Å². The van der Waals surface area contributed by atoms with Crippen LogP contribution >= 0.6 is 11.6 Å². The van der Waals surface area contributed by atoms with Crippen molar-refractivity contribution in [3.63, 3.8) is 0 Å². The molecule has 0 fully saturated rings. The van der Waals surface area contributed by atoms with Crippen molar-refractivity contribution in [3.05, 3.63) is 130 Å². The van der Waals surface area contributed by atoms with Gasteiger partial charge in [-0.05, 0) is 61.7 Å². The van der Waals surface area contributed by atoms with E-state index in [1.807, 2.05) is 51.1 Å². The molecule has 7 nitrogen and oxygen atoms in total. The second-order valence-corrected chi connectivity index (χ2v) is 13.8. The fourth-order valence-electron chi connectivity index (χ4n) is 5.02. The first-order valence-corrected chi connectivity index (χ1v) is 17.2. The second-order valence-electron chi connectivity index (χ2n) is 11.5. The lowest BCUT2D eigenvalue weighted by atomic mass is 10.0. The minimum Gasteiger partial charge on any atom is -0.352 e. The SMILES string of the molecule is CC[C@H](C)NC(=O)[C@@H](Cc1ccccc1)N(Cc1ccc(C)cc1)C(=O)CN(c1ccc(Cl)c(C(F)(F)F)c1)S(=O)(=O)c1ccccc1. The fourth-order valence-corrected chi connectivity index (χ4v) is 6.67. The molecule has 0 bridgehead atoms. The number of nitrogens with zero attached hydrogens (tertiary/aromatic N) is 2. The number of carbonyl (C=O) groups excluding carboxylic acids is 2. The van der Waals surface area contributed by atoms with Crippen LogP contribution in [0.25, 0.3) is 0 Å². The molecule has 4 rings (SSSR count). The molecule has 0 aliphatic rings. The van der Waals surface area contributed by atoms with Crippen molar-refractivity contribution in [2.45, 2.75) is 63.3 Å². The van der Waals surface area contributed by atoms with Gasteiger partial charge in [-0.15, -0.1) is 0 Å². The van der Waals surface area contributed by atoms with Crippen LogP contribution in [0.5, 0.6) is 0 Å². The monoisotopic (exact) mass is 699 g/mol. The van der Waals surface area contributed by atoms with Crippen LogP contribution in [0.1, 0.15) is 42.5 Å². The summed E-state index contributed by atoms with van der Waals surface area (Å²) in [5.41, 5.74) is 0.725. The maximum atomic E-state index is 14.5. The third kappa shape index (κ3) is 9.17. The van der Waals surface area contributed by atoms with Crippen LogP contribution in [0.3, 0.4) is 0 Å². The molecule has 0 saturated heterocycles. The zero-order chi connectivity index (χ0) is 35.1. The molecule has 4 aromatic carbocycles. The Morgan fingerprint density at radius 1 is 0.875 bits per heavy atom. The van der Waals surface area contributed by atoms with Crippen LogP contribution in [0.4, 0.5) is 18.9 Å².